The van der Waals surface area contributed by atoms with Crippen LogP contribution in [0.25, 0.3) is 0 Å². The van der Waals surface area contributed by atoms with E-state index in [9.17, 15) is 4.79 Å². The van der Waals surface area contributed by atoms with Crippen LogP contribution in [0, 0.1) is 18.8 Å². The van der Waals surface area contributed by atoms with E-state index in [2.05, 4.69) is 32.7 Å². The van der Waals surface area contributed by atoms with Gasteiger partial charge in [0.05, 0.1) is 0 Å². The predicted molar refractivity (Wildman–Crippen MR) is 88.8 cm³/mol. The van der Waals surface area contributed by atoms with Gasteiger partial charge in [0.15, 0.2) is 0 Å². The van der Waals surface area contributed by atoms with E-state index < -0.39 is 0 Å². The molecule has 0 fully saturated rings. The van der Waals surface area contributed by atoms with Crippen LogP contribution in [0.15, 0.2) is 12.1 Å². The van der Waals surface area contributed by atoms with Crippen molar-refractivity contribution >= 4 is 17.5 Å². The number of rotatable bonds is 7. The largest absolute Gasteiger partial charge is 0.339 e. The normalized spacial score (nSPS) is 11.2. The van der Waals surface area contributed by atoms with Crippen LogP contribution in [0.3, 0.4) is 0 Å². The summed E-state index contributed by atoms with van der Waals surface area (Å²) in [5, 5.41) is 0.381. The molecule has 0 N–H and O–H groups in total. The second-order valence-corrected chi connectivity index (χ2v) is 6.86. The number of nitrogens with zero attached hydrogens (tertiary/aromatic N) is 2. The lowest BCUT2D eigenvalue weighted by atomic mass is 10.1. The molecule has 0 aliphatic carbocycles. The lowest BCUT2D eigenvalue weighted by Gasteiger charge is -2.24. The first kappa shape index (κ1) is 18.0. The molecular formula is C17H27ClN2O. The number of amides is 1. The third-order valence-electron chi connectivity index (χ3n) is 3.41. The minimum absolute atomic E-state index is 0.0590. The van der Waals surface area contributed by atoms with Crippen molar-refractivity contribution in [3.63, 3.8) is 0 Å². The SMILES string of the molecule is Cc1cc(C(=O)N(CCC(C)C)CCC(C)C)cc(Cl)n1. The molecule has 0 radical (unpaired) electrons. The van der Waals surface area contributed by atoms with E-state index in [4.69, 9.17) is 11.6 Å². The highest BCUT2D eigenvalue weighted by Gasteiger charge is 2.17. The molecule has 0 aliphatic heterocycles. The van der Waals surface area contributed by atoms with Gasteiger partial charge in [-0.25, -0.2) is 4.98 Å². The molecule has 118 valence electrons. The Bertz CT molecular complexity index is 440. The van der Waals surface area contributed by atoms with Gasteiger partial charge in [-0.15, -0.1) is 0 Å². The first-order chi connectivity index (χ1) is 9.79. The molecule has 0 saturated heterocycles. The first-order valence-corrected chi connectivity index (χ1v) is 8.10. The quantitative estimate of drug-likeness (QED) is 0.691. The van der Waals surface area contributed by atoms with Crippen molar-refractivity contribution < 1.29 is 4.79 Å². The lowest BCUT2D eigenvalue weighted by molar-refractivity contribution is 0.0740. The average Bonchev–Trinajstić information content (AvgIpc) is 2.36. The van der Waals surface area contributed by atoms with Gasteiger partial charge >= 0.3 is 0 Å². The van der Waals surface area contributed by atoms with Crippen LogP contribution in [0.4, 0.5) is 0 Å². The summed E-state index contributed by atoms with van der Waals surface area (Å²) in [7, 11) is 0. The molecule has 0 aromatic carbocycles. The maximum atomic E-state index is 12.7. The zero-order chi connectivity index (χ0) is 16.0. The molecule has 1 aromatic rings. The van der Waals surface area contributed by atoms with E-state index in [1.54, 1.807) is 6.07 Å². The van der Waals surface area contributed by atoms with Crippen molar-refractivity contribution in [2.45, 2.75) is 47.5 Å². The topological polar surface area (TPSA) is 33.2 Å². The van der Waals surface area contributed by atoms with Crippen molar-refractivity contribution in [2.24, 2.45) is 11.8 Å². The van der Waals surface area contributed by atoms with E-state index in [1.165, 1.54) is 0 Å². The minimum atomic E-state index is 0.0590. The number of pyridine rings is 1. The lowest BCUT2D eigenvalue weighted by Crippen LogP contribution is -2.34. The molecule has 1 amide bonds. The third kappa shape index (κ3) is 6.47. The number of carbonyl (C=O) groups is 1. The number of halogens is 1. The molecule has 0 aliphatic rings. The Kier molecular flexibility index (Phi) is 7.16. The fraction of sp³-hybridized carbons (Fsp3) is 0.647. The zero-order valence-electron chi connectivity index (χ0n) is 13.8. The van der Waals surface area contributed by atoms with Gasteiger partial charge in [0.2, 0.25) is 0 Å². The predicted octanol–water partition coefficient (Wildman–Crippen LogP) is 4.58. The number of hydrogen-bond donors (Lipinski definition) is 0. The summed E-state index contributed by atoms with van der Waals surface area (Å²) < 4.78 is 0. The third-order valence-corrected chi connectivity index (χ3v) is 3.60. The Balaban J connectivity index is 2.86. The van der Waals surface area contributed by atoms with Crippen LogP contribution in [-0.4, -0.2) is 28.9 Å². The highest BCUT2D eigenvalue weighted by molar-refractivity contribution is 6.29. The minimum Gasteiger partial charge on any atom is -0.339 e. The van der Waals surface area contributed by atoms with Crippen molar-refractivity contribution in [2.75, 3.05) is 13.1 Å². The molecule has 0 atom stereocenters. The van der Waals surface area contributed by atoms with Crippen LogP contribution >= 0.6 is 11.6 Å². The van der Waals surface area contributed by atoms with E-state index >= 15 is 0 Å². The molecule has 4 heteroatoms. The van der Waals surface area contributed by atoms with Gasteiger partial charge < -0.3 is 4.90 Å². The van der Waals surface area contributed by atoms with Gasteiger partial charge in [0, 0.05) is 24.3 Å². The van der Waals surface area contributed by atoms with Crippen LogP contribution < -0.4 is 0 Å². The monoisotopic (exact) mass is 310 g/mol. The van der Waals surface area contributed by atoms with Crippen molar-refractivity contribution in [1.29, 1.82) is 0 Å². The Morgan fingerprint density at radius 2 is 1.67 bits per heavy atom. The van der Waals surface area contributed by atoms with Gasteiger partial charge in [-0.1, -0.05) is 39.3 Å². The molecule has 0 saturated carbocycles. The van der Waals surface area contributed by atoms with Gasteiger partial charge in [0.1, 0.15) is 5.15 Å². The Labute approximate surface area is 133 Å². The van der Waals surface area contributed by atoms with Gasteiger partial charge in [-0.05, 0) is 43.7 Å². The van der Waals surface area contributed by atoms with Gasteiger partial charge in [-0.3, -0.25) is 4.79 Å². The number of carbonyl (C=O) groups excluding carboxylic acids is 1. The van der Waals surface area contributed by atoms with Crippen LogP contribution in [0.5, 0.6) is 0 Å². The number of aryl methyl sites for hydroxylation is 1. The molecule has 1 rings (SSSR count). The Morgan fingerprint density at radius 1 is 1.14 bits per heavy atom. The maximum absolute atomic E-state index is 12.7. The summed E-state index contributed by atoms with van der Waals surface area (Å²) >= 11 is 5.97. The highest BCUT2D eigenvalue weighted by atomic mass is 35.5. The Hall–Kier alpha value is -1.09. The van der Waals surface area contributed by atoms with Crippen LogP contribution in [0.2, 0.25) is 5.15 Å². The average molecular weight is 311 g/mol. The van der Waals surface area contributed by atoms with Crippen molar-refractivity contribution in [1.82, 2.24) is 9.88 Å². The van der Waals surface area contributed by atoms with Crippen molar-refractivity contribution in [3.8, 4) is 0 Å². The summed E-state index contributed by atoms with van der Waals surface area (Å²) in [5.41, 5.74) is 1.42. The molecule has 0 spiro atoms. The highest BCUT2D eigenvalue weighted by Crippen LogP contribution is 2.15. The summed E-state index contributed by atoms with van der Waals surface area (Å²) in [6, 6.07) is 3.47. The van der Waals surface area contributed by atoms with Gasteiger partial charge in [0.25, 0.3) is 5.91 Å². The second-order valence-electron chi connectivity index (χ2n) is 6.48. The van der Waals surface area contributed by atoms with E-state index in [0.717, 1.165) is 31.6 Å². The molecule has 0 unspecified atom stereocenters. The first-order valence-electron chi connectivity index (χ1n) is 7.73. The molecule has 1 heterocycles. The van der Waals surface area contributed by atoms with E-state index in [1.807, 2.05) is 17.9 Å². The fourth-order valence-corrected chi connectivity index (χ4v) is 2.33. The van der Waals surface area contributed by atoms with E-state index in [-0.39, 0.29) is 5.91 Å². The summed E-state index contributed by atoms with van der Waals surface area (Å²) in [4.78, 5) is 18.8. The maximum Gasteiger partial charge on any atom is 0.254 e. The standard InChI is InChI=1S/C17H27ClN2O/c1-12(2)6-8-20(9-7-13(3)4)17(21)15-10-14(5)19-16(18)11-15/h10-13H,6-9H2,1-5H3. The molecule has 1 aromatic heterocycles. The van der Waals surface area contributed by atoms with E-state index in [0.29, 0.717) is 22.6 Å². The smallest absolute Gasteiger partial charge is 0.254 e. The number of aromatic nitrogens is 1. The second kappa shape index (κ2) is 8.38. The fourth-order valence-electron chi connectivity index (χ4n) is 2.08. The molecule has 21 heavy (non-hydrogen) atoms. The summed E-state index contributed by atoms with van der Waals surface area (Å²) in [6.07, 6.45) is 2.03. The molecule has 0 bridgehead atoms. The zero-order valence-corrected chi connectivity index (χ0v) is 14.6. The van der Waals surface area contributed by atoms with Crippen LogP contribution in [0.1, 0.15) is 56.6 Å². The van der Waals surface area contributed by atoms with Gasteiger partial charge in [-0.2, -0.15) is 0 Å². The van der Waals surface area contributed by atoms with Crippen LogP contribution in [-0.2, 0) is 0 Å². The number of hydrogen-bond acceptors (Lipinski definition) is 2. The summed E-state index contributed by atoms with van der Waals surface area (Å²) in [6.45, 7) is 12.2. The summed E-state index contributed by atoms with van der Waals surface area (Å²) in [5.74, 6) is 1.23. The molecule has 3 nitrogen and oxygen atoms in total. The molecular weight excluding hydrogens is 284 g/mol. The Morgan fingerprint density at radius 3 is 2.10 bits per heavy atom. The van der Waals surface area contributed by atoms with Crippen molar-refractivity contribution in [3.05, 3.63) is 28.5 Å².